The molecule has 0 unspecified atom stereocenters. The molecule has 0 spiro atoms. The van der Waals surface area contributed by atoms with Gasteiger partial charge in [0.1, 0.15) is 0 Å². The first-order chi connectivity index (χ1) is 15.2. The fraction of sp³-hybridized carbons (Fsp3) is 0.167. The van der Waals surface area contributed by atoms with Gasteiger partial charge in [-0.2, -0.15) is 0 Å². The van der Waals surface area contributed by atoms with Crippen molar-refractivity contribution in [2.75, 3.05) is 12.8 Å². The molecule has 1 amide bonds. The number of pyridine rings is 1. The molecule has 7 heteroatoms. The van der Waals surface area contributed by atoms with Gasteiger partial charge in [0.2, 0.25) is 5.91 Å². The Morgan fingerprint density at radius 1 is 0.903 bits per heavy atom. The number of aromatic nitrogens is 4. The second-order valence-electron chi connectivity index (χ2n) is 7.14. The van der Waals surface area contributed by atoms with Crippen LogP contribution in [0.4, 0.5) is 0 Å². The van der Waals surface area contributed by atoms with Crippen LogP contribution in [0.3, 0.4) is 0 Å². The van der Waals surface area contributed by atoms with E-state index in [-0.39, 0.29) is 5.91 Å². The van der Waals surface area contributed by atoms with Crippen molar-refractivity contribution in [2.45, 2.75) is 18.2 Å². The van der Waals surface area contributed by atoms with E-state index < -0.39 is 0 Å². The molecule has 0 atom stereocenters. The number of hydrogen-bond acceptors (Lipinski definition) is 5. The molecular weight excluding hydrogens is 406 g/mol. The lowest BCUT2D eigenvalue weighted by atomic mass is 10.2. The van der Waals surface area contributed by atoms with Gasteiger partial charge in [-0.3, -0.25) is 14.3 Å². The molecule has 0 N–H and O–H groups in total. The minimum atomic E-state index is 0.0496. The van der Waals surface area contributed by atoms with Crippen molar-refractivity contribution in [1.29, 1.82) is 0 Å². The summed E-state index contributed by atoms with van der Waals surface area (Å²) in [5.41, 5.74) is 3.19. The highest BCUT2D eigenvalue weighted by Gasteiger charge is 2.17. The second kappa shape index (κ2) is 10.0. The van der Waals surface area contributed by atoms with Gasteiger partial charge in [-0.1, -0.05) is 72.4 Å². The highest BCUT2D eigenvalue weighted by Crippen LogP contribution is 2.25. The summed E-state index contributed by atoms with van der Waals surface area (Å²) in [6.07, 6.45) is 3.48. The molecule has 2 heterocycles. The second-order valence-corrected chi connectivity index (χ2v) is 8.08. The van der Waals surface area contributed by atoms with Gasteiger partial charge >= 0.3 is 0 Å². The molecule has 4 rings (SSSR count). The van der Waals surface area contributed by atoms with Crippen LogP contribution in [-0.4, -0.2) is 43.4 Å². The lowest BCUT2D eigenvalue weighted by Crippen LogP contribution is -2.27. The molecule has 0 aliphatic carbocycles. The molecule has 0 radical (unpaired) electrons. The summed E-state index contributed by atoms with van der Waals surface area (Å²) in [5, 5.41) is 9.52. The molecule has 2 aromatic heterocycles. The monoisotopic (exact) mass is 429 g/mol. The van der Waals surface area contributed by atoms with Crippen molar-refractivity contribution in [3.8, 4) is 11.4 Å². The third kappa shape index (κ3) is 5.38. The van der Waals surface area contributed by atoms with E-state index in [9.17, 15) is 4.79 Å². The Labute approximate surface area is 186 Å². The van der Waals surface area contributed by atoms with Crippen LogP contribution in [0, 0.1) is 0 Å². The lowest BCUT2D eigenvalue weighted by Gasteiger charge is -2.17. The Hall–Kier alpha value is -3.45. The third-order valence-corrected chi connectivity index (χ3v) is 5.80. The largest absolute Gasteiger partial charge is 0.341 e. The Bertz CT molecular complexity index is 1120. The lowest BCUT2D eigenvalue weighted by molar-refractivity contribution is -0.127. The molecule has 156 valence electrons. The fourth-order valence-electron chi connectivity index (χ4n) is 3.20. The SMILES string of the molecule is CN(Cc1ccccc1)C(=O)CSc1nnc(-c2ccncc2)n1Cc1ccccc1. The zero-order chi connectivity index (χ0) is 21.5. The number of carbonyl (C=O) groups excluding carboxylic acids is 1. The number of carbonyl (C=O) groups is 1. The average Bonchev–Trinajstić information content (AvgIpc) is 3.21. The zero-order valence-corrected chi connectivity index (χ0v) is 18.1. The standard InChI is InChI=1S/C24H23N5OS/c1-28(16-19-8-4-2-5-9-19)22(30)18-31-24-27-26-23(21-12-14-25-15-13-21)29(24)17-20-10-6-3-7-11-20/h2-15H,16-18H2,1H3. The predicted molar refractivity (Wildman–Crippen MR) is 122 cm³/mol. The fourth-order valence-corrected chi connectivity index (χ4v) is 4.08. The van der Waals surface area contributed by atoms with Gasteiger partial charge < -0.3 is 4.90 Å². The Morgan fingerprint density at radius 3 is 2.23 bits per heavy atom. The number of benzene rings is 2. The van der Waals surface area contributed by atoms with Crippen molar-refractivity contribution in [2.24, 2.45) is 0 Å². The maximum atomic E-state index is 12.7. The Morgan fingerprint density at radius 2 is 1.55 bits per heavy atom. The van der Waals surface area contributed by atoms with Gasteiger partial charge in [-0.25, -0.2) is 0 Å². The summed E-state index contributed by atoms with van der Waals surface area (Å²) in [4.78, 5) is 18.5. The highest BCUT2D eigenvalue weighted by atomic mass is 32.2. The molecule has 4 aromatic rings. The number of rotatable bonds is 8. The van der Waals surface area contributed by atoms with Crippen molar-refractivity contribution in [3.63, 3.8) is 0 Å². The van der Waals surface area contributed by atoms with E-state index in [0.29, 0.717) is 18.8 Å². The maximum Gasteiger partial charge on any atom is 0.233 e. The van der Waals surface area contributed by atoms with Crippen LogP contribution in [-0.2, 0) is 17.9 Å². The van der Waals surface area contributed by atoms with Crippen LogP contribution in [0.5, 0.6) is 0 Å². The van der Waals surface area contributed by atoms with Gasteiger partial charge in [-0.15, -0.1) is 10.2 Å². The van der Waals surface area contributed by atoms with Gasteiger partial charge in [0.25, 0.3) is 0 Å². The van der Waals surface area contributed by atoms with Crippen molar-refractivity contribution >= 4 is 17.7 Å². The number of hydrogen-bond donors (Lipinski definition) is 0. The van der Waals surface area contributed by atoms with Gasteiger partial charge in [-0.05, 0) is 23.3 Å². The number of amides is 1. The molecule has 0 bridgehead atoms. The molecule has 0 saturated heterocycles. The zero-order valence-electron chi connectivity index (χ0n) is 17.3. The summed E-state index contributed by atoms with van der Waals surface area (Å²) >= 11 is 1.41. The van der Waals surface area contributed by atoms with Gasteiger partial charge in [0.15, 0.2) is 11.0 Å². The summed E-state index contributed by atoms with van der Waals surface area (Å²) in [7, 11) is 1.83. The normalized spacial score (nSPS) is 10.7. The maximum absolute atomic E-state index is 12.7. The summed E-state index contributed by atoms with van der Waals surface area (Å²) in [6, 6.07) is 24.0. The minimum absolute atomic E-state index is 0.0496. The molecule has 0 fully saturated rings. The van der Waals surface area contributed by atoms with Crippen LogP contribution < -0.4 is 0 Å². The Balaban J connectivity index is 1.51. The van der Waals surface area contributed by atoms with Crippen LogP contribution in [0.2, 0.25) is 0 Å². The third-order valence-electron chi connectivity index (χ3n) is 4.85. The minimum Gasteiger partial charge on any atom is -0.341 e. The highest BCUT2D eigenvalue weighted by molar-refractivity contribution is 7.99. The molecule has 0 aliphatic rings. The average molecular weight is 430 g/mol. The first kappa shape index (κ1) is 20.8. The first-order valence-electron chi connectivity index (χ1n) is 9.99. The van der Waals surface area contributed by atoms with E-state index in [1.165, 1.54) is 11.8 Å². The topological polar surface area (TPSA) is 63.9 Å². The molecule has 2 aromatic carbocycles. The van der Waals surface area contributed by atoms with E-state index >= 15 is 0 Å². The molecular formula is C24H23N5OS. The van der Waals surface area contributed by atoms with Crippen molar-refractivity contribution < 1.29 is 4.79 Å². The van der Waals surface area contributed by atoms with Gasteiger partial charge in [0.05, 0.1) is 12.3 Å². The summed E-state index contributed by atoms with van der Waals surface area (Å²) < 4.78 is 2.06. The number of nitrogens with zero attached hydrogens (tertiary/aromatic N) is 5. The summed E-state index contributed by atoms with van der Waals surface area (Å²) in [5.74, 6) is 1.11. The number of thioether (sulfide) groups is 1. The first-order valence-corrected chi connectivity index (χ1v) is 11.0. The van der Waals surface area contributed by atoms with Crippen LogP contribution >= 0.6 is 11.8 Å². The van der Waals surface area contributed by atoms with Crippen molar-refractivity contribution in [1.82, 2.24) is 24.6 Å². The molecule has 6 nitrogen and oxygen atoms in total. The van der Waals surface area contributed by atoms with E-state index in [1.54, 1.807) is 17.3 Å². The predicted octanol–water partition coefficient (Wildman–Crippen LogP) is 4.14. The molecule has 0 saturated carbocycles. The Kier molecular flexibility index (Phi) is 6.74. The van der Waals surface area contributed by atoms with Crippen LogP contribution in [0.25, 0.3) is 11.4 Å². The molecule has 0 aliphatic heterocycles. The van der Waals surface area contributed by atoms with E-state index in [1.807, 2.05) is 67.7 Å². The molecule has 31 heavy (non-hydrogen) atoms. The van der Waals surface area contributed by atoms with E-state index in [4.69, 9.17) is 0 Å². The summed E-state index contributed by atoms with van der Waals surface area (Å²) in [6.45, 7) is 1.21. The van der Waals surface area contributed by atoms with Crippen LogP contribution in [0.1, 0.15) is 11.1 Å². The van der Waals surface area contributed by atoms with E-state index in [2.05, 4.69) is 31.9 Å². The van der Waals surface area contributed by atoms with Crippen LogP contribution in [0.15, 0.2) is 90.3 Å². The quantitative estimate of drug-likeness (QED) is 0.394. The van der Waals surface area contributed by atoms with E-state index in [0.717, 1.165) is 27.7 Å². The van der Waals surface area contributed by atoms with Crippen molar-refractivity contribution in [3.05, 3.63) is 96.3 Å². The van der Waals surface area contributed by atoms with Gasteiger partial charge in [0, 0.05) is 31.5 Å². The smallest absolute Gasteiger partial charge is 0.233 e.